The van der Waals surface area contributed by atoms with Crippen LogP contribution in [0.4, 0.5) is 0 Å². The van der Waals surface area contributed by atoms with Crippen molar-refractivity contribution in [3.8, 4) is 0 Å². The van der Waals surface area contributed by atoms with Gasteiger partial charge < -0.3 is 4.74 Å². The summed E-state index contributed by atoms with van der Waals surface area (Å²) >= 11 is 0. The highest BCUT2D eigenvalue weighted by atomic mass is 16.5. The van der Waals surface area contributed by atoms with Gasteiger partial charge in [-0.05, 0) is 32.6 Å². The topological polar surface area (TPSA) is 26.3 Å². The molecule has 0 aromatic carbocycles. The standard InChI is InChI=1S/C10H16O2/c1-9-5-4-7(6-8(9)11)10(9,2)12-3/h7H,4-6H2,1-3H3. The molecular formula is C10H16O2. The smallest absolute Gasteiger partial charge is 0.142 e. The minimum absolute atomic E-state index is 0.177. The van der Waals surface area contributed by atoms with Crippen molar-refractivity contribution in [3.63, 3.8) is 0 Å². The molecule has 0 radical (unpaired) electrons. The molecule has 0 saturated heterocycles. The van der Waals surface area contributed by atoms with Gasteiger partial charge in [0, 0.05) is 13.5 Å². The number of carbonyl (C=O) groups is 1. The Bertz CT molecular complexity index is 236. The van der Waals surface area contributed by atoms with Crippen LogP contribution in [0.3, 0.4) is 0 Å². The van der Waals surface area contributed by atoms with Gasteiger partial charge in [0.05, 0.1) is 11.0 Å². The highest BCUT2D eigenvalue weighted by Gasteiger charge is 2.64. The molecule has 2 aliphatic carbocycles. The Balaban J connectivity index is 2.44. The average Bonchev–Trinajstić information content (AvgIpc) is 2.39. The number of fused-ring (bicyclic) bond motifs is 2. The predicted molar refractivity (Wildman–Crippen MR) is 45.9 cm³/mol. The fourth-order valence-electron chi connectivity index (χ4n) is 2.99. The molecule has 0 heterocycles. The Morgan fingerprint density at radius 2 is 2.17 bits per heavy atom. The predicted octanol–water partition coefficient (Wildman–Crippen LogP) is 1.78. The summed E-state index contributed by atoms with van der Waals surface area (Å²) in [6.07, 6.45) is 2.91. The summed E-state index contributed by atoms with van der Waals surface area (Å²) in [6, 6.07) is 0. The third-order valence-corrected chi connectivity index (χ3v) is 4.34. The van der Waals surface area contributed by atoms with Gasteiger partial charge in [-0.3, -0.25) is 4.79 Å². The first kappa shape index (κ1) is 8.24. The van der Waals surface area contributed by atoms with Crippen LogP contribution in [0.15, 0.2) is 0 Å². The van der Waals surface area contributed by atoms with E-state index in [2.05, 4.69) is 13.8 Å². The first-order valence-electron chi connectivity index (χ1n) is 4.63. The molecule has 0 aromatic heterocycles. The molecule has 12 heavy (non-hydrogen) atoms. The van der Waals surface area contributed by atoms with Crippen molar-refractivity contribution < 1.29 is 9.53 Å². The summed E-state index contributed by atoms with van der Waals surface area (Å²) in [5, 5.41) is 0. The summed E-state index contributed by atoms with van der Waals surface area (Å²) in [6.45, 7) is 4.15. The average molecular weight is 168 g/mol. The van der Waals surface area contributed by atoms with E-state index in [1.165, 1.54) is 0 Å². The SMILES string of the molecule is COC1(C)C2CCC1(C)C(=O)C2. The van der Waals surface area contributed by atoms with Crippen molar-refractivity contribution in [1.82, 2.24) is 0 Å². The van der Waals surface area contributed by atoms with Crippen LogP contribution >= 0.6 is 0 Å². The van der Waals surface area contributed by atoms with Crippen molar-refractivity contribution >= 4 is 5.78 Å². The highest BCUT2D eigenvalue weighted by Crippen LogP contribution is 2.59. The van der Waals surface area contributed by atoms with E-state index in [1.54, 1.807) is 7.11 Å². The Kier molecular flexibility index (Phi) is 1.45. The van der Waals surface area contributed by atoms with Crippen LogP contribution < -0.4 is 0 Å². The molecule has 0 aromatic rings. The Hall–Kier alpha value is -0.370. The number of hydrogen-bond acceptors (Lipinski definition) is 2. The second kappa shape index (κ2) is 2.11. The van der Waals surface area contributed by atoms with E-state index in [1.807, 2.05) is 0 Å². The van der Waals surface area contributed by atoms with E-state index in [-0.39, 0.29) is 11.0 Å². The lowest BCUT2D eigenvalue weighted by atomic mass is 9.78. The first-order valence-corrected chi connectivity index (χ1v) is 4.63. The van der Waals surface area contributed by atoms with Gasteiger partial charge in [-0.15, -0.1) is 0 Å². The molecule has 2 rings (SSSR count). The minimum atomic E-state index is -0.188. The fourth-order valence-corrected chi connectivity index (χ4v) is 2.99. The summed E-state index contributed by atoms with van der Waals surface area (Å²) in [5.74, 6) is 0.878. The van der Waals surface area contributed by atoms with Gasteiger partial charge in [-0.25, -0.2) is 0 Å². The number of methoxy groups -OCH3 is 1. The van der Waals surface area contributed by atoms with Crippen LogP contribution in [0.25, 0.3) is 0 Å². The number of hydrogen-bond donors (Lipinski definition) is 0. The molecule has 2 nitrogen and oxygen atoms in total. The van der Waals surface area contributed by atoms with E-state index in [9.17, 15) is 4.79 Å². The van der Waals surface area contributed by atoms with Crippen LogP contribution in [-0.2, 0) is 9.53 Å². The maximum Gasteiger partial charge on any atom is 0.142 e. The zero-order valence-corrected chi connectivity index (χ0v) is 8.02. The van der Waals surface area contributed by atoms with Gasteiger partial charge in [-0.2, -0.15) is 0 Å². The van der Waals surface area contributed by atoms with E-state index in [0.717, 1.165) is 19.3 Å². The van der Waals surface area contributed by atoms with Gasteiger partial charge >= 0.3 is 0 Å². The molecule has 3 atom stereocenters. The van der Waals surface area contributed by atoms with Crippen molar-refractivity contribution in [1.29, 1.82) is 0 Å². The largest absolute Gasteiger partial charge is 0.377 e. The monoisotopic (exact) mass is 168 g/mol. The van der Waals surface area contributed by atoms with Gasteiger partial charge in [-0.1, -0.05) is 0 Å². The molecule has 2 heteroatoms. The summed E-state index contributed by atoms with van der Waals surface area (Å²) in [4.78, 5) is 11.7. The first-order chi connectivity index (χ1) is 5.54. The number of Topliss-reactive ketones (excluding diaryl/α,β-unsaturated/α-hetero) is 1. The van der Waals surface area contributed by atoms with Crippen molar-refractivity contribution in [3.05, 3.63) is 0 Å². The van der Waals surface area contributed by atoms with E-state index in [4.69, 9.17) is 4.74 Å². The van der Waals surface area contributed by atoms with Crippen molar-refractivity contribution in [2.45, 2.75) is 38.7 Å². The molecule has 68 valence electrons. The Labute approximate surface area is 73.3 Å². The molecule has 0 amide bonds. The quantitative estimate of drug-likeness (QED) is 0.596. The molecule has 0 aliphatic heterocycles. The van der Waals surface area contributed by atoms with Crippen molar-refractivity contribution in [2.75, 3.05) is 7.11 Å². The van der Waals surface area contributed by atoms with Crippen LogP contribution in [0.2, 0.25) is 0 Å². The lowest BCUT2D eigenvalue weighted by Gasteiger charge is -2.34. The second-order valence-electron chi connectivity index (χ2n) is 4.51. The van der Waals surface area contributed by atoms with Gasteiger partial charge in [0.2, 0.25) is 0 Å². The van der Waals surface area contributed by atoms with Crippen molar-refractivity contribution in [2.24, 2.45) is 11.3 Å². The Morgan fingerprint density at radius 1 is 1.50 bits per heavy atom. The zero-order chi connectivity index (χ0) is 8.98. The molecule has 2 saturated carbocycles. The molecule has 2 fully saturated rings. The van der Waals surface area contributed by atoms with Crippen LogP contribution in [-0.4, -0.2) is 18.5 Å². The van der Waals surface area contributed by atoms with E-state index < -0.39 is 0 Å². The molecule has 2 bridgehead atoms. The lowest BCUT2D eigenvalue weighted by Crippen LogP contribution is -2.42. The molecule has 0 N–H and O–H groups in total. The Morgan fingerprint density at radius 3 is 2.42 bits per heavy atom. The summed E-state index contributed by atoms with van der Waals surface area (Å²) in [5.41, 5.74) is -0.365. The van der Waals surface area contributed by atoms with E-state index >= 15 is 0 Å². The third-order valence-electron chi connectivity index (χ3n) is 4.34. The number of ketones is 1. The number of rotatable bonds is 1. The normalized spacial score (nSPS) is 51.9. The molecule has 0 spiro atoms. The van der Waals surface area contributed by atoms with Crippen LogP contribution in [0, 0.1) is 11.3 Å². The molecule has 2 aliphatic rings. The maximum atomic E-state index is 11.7. The van der Waals surface area contributed by atoms with Crippen LogP contribution in [0.1, 0.15) is 33.1 Å². The van der Waals surface area contributed by atoms with Gasteiger partial charge in [0.1, 0.15) is 5.78 Å². The fraction of sp³-hybridized carbons (Fsp3) is 0.900. The minimum Gasteiger partial charge on any atom is -0.377 e. The number of ether oxygens (including phenoxy) is 1. The highest BCUT2D eigenvalue weighted by molar-refractivity contribution is 5.90. The maximum absolute atomic E-state index is 11.7. The van der Waals surface area contributed by atoms with Gasteiger partial charge in [0.25, 0.3) is 0 Å². The molecular weight excluding hydrogens is 152 g/mol. The van der Waals surface area contributed by atoms with E-state index in [0.29, 0.717) is 11.7 Å². The third kappa shape index (κ3) is 0.634. The second-order valence-corrected chi connectivity index (χ2v) is 4.51. The zero-order valence-electron chi connectivity index (χ0n) is 8.02. The lowest BCUT2D eigenvalue weighted by molar-refractivity contribution is -0.134. The molecule has 3 unspecified atom stereocenters. The summed E-state index contributed by atoms with van der Waals surface area (Å²) in [7, 11) is 1.73. The van der Waals surface area contributed by atoms with Crippen LogP contribution in [0.5, 0.6) is 0 Å². The number of carbonyl (C=O) groups excluding carboxylic acids is 1. The van der Waals surface area contributed by atoms with Gasteiger partial charge in [0.15, 0.2) is 0 Å². The summed E-state index contributed by atoms with van der Waals surface area (Å²) < 4.78 is 5.54.